The van der Waals surface area contributed by atoms with Crippen molar-refractivity contribution in [1.82, 2.24) is 0 Å². The number of methoxy groups -OCH3 is 3. The van der Waals surface area contributed by atoms with Gasteiger partial charge in [0.05, 0.1) is 33.1 Å². The van der Waals surface area contributed by atoms with E-state index in [4.69, 9.17) is 23.4 Å². The van der Waals surface area contributed by atoms with Crippen molar-refractivity contribution in [3.63, 3.8) is 0 Å². The second-order valence-electron chi connectivity index (χ2n) is 8.33. The fraction of sp³-hybridized carbons (Fsp3) is 0.214. The Morgan fingerprint density at radius 1 is 0.857 bits per heavy atom. The Kier molecular flexibility index (Phi) is 5.68. The van der Waals surface area contributed by atoms with Crippen LogP contribution in [0.25, 0.3) is 22.1 Å². The molecule has 1 aliphatic heterocycles. The topological polar surface area (TPSA) is 84.2 Å². The number of rotatable bonds is 5. The van der Waals surface area contributed by atoms with Gasteiger partial charge >= 0.3 is 11.6 Å². The number of esters is 1. The maximum absolute atomic E-state index is 12.9. The van der Waals surface area contributed by atoms with E-state index in [1.54, 1.807) is 27.4 Å². The zero-order valence-electron chi connectivity index (χ0n) is 19.8. The van der Waals surface area contributed by atoms with Crippen molar-refractivity contribution in [2.45, 2.75) is 19.3 Å². The average molecular weight is 472 g/mol. The number of carbonyl (C=O) groups excluding carboxylic acids is 1. The summed E-state index contributed by atoms with van der Waals surface area (Å²) >= 11 is 0. The van der Waals surface area contributed by atoms with E-state index < -0.39 is 11.6 Å². The van der Waals surface area contributed by atoms with Crippen molar-refractivity contribution in [3.8, 4) is 34.1 Å². The molecule has 35 heavy (non-hydrogen) atoms. The average Bonchev–Trinajstić information content (AvgIpc) is 2.87. The van der Waals surface area contributed by atoms with Crippen LogP contribution in [0.1, 0.15) is 29.0 Å². The molecule has 1 unspecified atom stereocenters. The van der Waals surface area contributed by atoms with E-state index in [9.17, 15) is 9.59 Å². The summed E-state index contributed by atoms with van der Waals surface area (Å²) in [5, 5.41) is 0.578. The van der Waals surface area contributed by atoms with Crippen LogP contribution < -0.4 is 24.6 Å². The van der Waals surface area contributed by atoms with Crippen molar-refractivity contribution in [3.05, 3.63) is 81.7 Å². The van der Waals surface area contributed by atoms with Gasteiger partial charge in [0.15, 0.2) is 11.5 Å². The molecule has 0 N–H and O–H groups in total. The highest BCUT2D eigenvalue weighted by molar-refractivity contribution is 6.01. The van der Waals surface area contributed by atoms with Gasteiger partial charge in [-0.05, 0) is 30.2 Å². The number of fused-ring (bicyclic) bond motifs is 3. The minimum atomic E-state index is -0.476. The lowest BCUT2D eigenvalue weighted by Crippen LogP contribution is -2.23. The van der Waals surface area contributed by atoms with Crippen LogP contribution in [0.5, 0.6) is 23.0 Å². The summed E-state index contributed by atoms with van der Waals surface area (Å²) in [5.41, 5.74) is 3.77. The molecule has 0 bridgehead atoms. The van der Waals surface area contributed by atoms with Gasteiger partial charge in [-0.3, -0.25) is 4.79 Å². The highest BCUT2D eigenvalue weighted by Gasteiger charge is 2.35. The van der Waals surface area contributed by atoms with E-state index in [2.05, 4.69) is 0 Å². The highest BCUT2D eigenvalue weighted by atomic mass is 16.5. The summed E-state index contributed by atoms with van der Waals surface area (Å²) in [4.78, 5) is 25.4. The molecule has 0 spiro atoms. The Balaban J connectivity index is 1.84. The van der Waals surface area contributed by atoms with Crippen LogP contribution in [0.3, 0.4) is 0 Å². The Hall–Kier alpha value is -4.26. The molecule has 1 aliphatic rings. The second kappa shape index (κ2) is 8.83. The van der Waals surface area contributed by atoms with Crippen LogP contribution in [-0.2, 0) is 4.79 Å². The van der Waals surface area contributed by atoms with Gasteiger partial charge in [-0.1, -0.05) is 30.3 Å². The van der Waals surface area contributed by atoms with Crippen LogP contribution in [0.2, 0.25) is 0 Å². The normalized spacial score (nSPS) is 14.9. The Bertz CT molecular complexity index is 1500. The first kappa shape index (κ1) is 22.5. The van der Waals surface area contributed by atoms with Crippen LogP contribution in [0.4, 0.5) is 0 Å². The number of benzene rings is 3. The summed E-state index contributed by atoms with van der Waals surface area (Å²) in [6, 6.07) is 16.3. The first-order valence-electron chi connectivity index (χ1n) is 11.1. The maximum atomic E-state index is 12.9. The zero-order valence-corrected chi connectivity index (χ0v) is 19.8. The molecule has 3 aromatic carbocycles. The third-order valence-electron chi connectivity index (χ3n) is 6.36. The van der Waals surface area contributed by atoms with E-state index in [1.807, 2.05) is 49.4 Å². The molecule has 0 saturated heterocycles. The first-order valence-corrected chi connectivity index (χ1v) is 11.1. The predicted octanol–water partition coefficient (Wildman–Crippen LogP) is 5.24. The van der Waals surface area contributed by atoms with Crippen molar-refractivity contribution >= 4 is 16.9 Å². The molecular weight excluding hydrogens is 448 g/mol. The predicted molar refractivity (Wildman–Crippen MR) is 131 cm³/mol. The molecule has 1 aromatic heterocycles. The molecule has 2 heterocycles. The number of hydrogen-bond donors (Lipinski definition) is 0. The fourth-order valence-corrected chi connectivity index (χ4v) is 4.83. The van der Waals surface area contributed by atoms with Crippen LogP contribution in [0, 0.1) is 6.92 Å². The SMILES string of the molecule is COc1cc(OC)c(C2CC(=O)Oc3c2c(C)cc2oc(=O)cc(-c4ccccc4)c32)cc1OC. The largest absolute Gasteiger partial charge is 0.496 e. The van der Waals surface area contributed by atoms with E-state index in [-0.39, 0.29) is 12.3 Å². The minimum absolute atomic E-state index is 0.114. The smallest absolute Gasteiger partial charge is 0.336 e. The summed E-state index contributed by atoms with van der Waals surface area (Å²) in [5.74, 6) is 1.24. The molecule has 0 saturated carbocycles. The Morgan fingerprint density at radius 3 is 2.23 bits per heavy atom. The van der Waals surface area contributed by atoms with Gasteiger partial charge in [-0.2, -0.15) is 0 Å². The third-order valence-corrected chi connectivity index (χ3v) is 6.36. The van der Waals surface area contributed by atoms with Crippen molar-refractivity contribution in [1.29, 1.82) is 0 Å². The molecular formula is C28H24O7. The molecule has 4 aromatic rings. The van der Waals surface area contributed by atoms with E-state index >= 15 is 0 Å². The van der Waals surface area contributed by atoms with Gasteiger partial charge in [-0.15, -0.1) is 0 Å². The number of hydrogen-bond acceptors (Lipinski definition) is 7. The molecule has 1 atom stereocenters. The second-order valence-corrected chi connectivity index (χ2v) is 8.33. The summed E-state index contributed by atoms with van der Waals surface area (Å²) in [7, 11) is 4.69. The van der Waals surface area contributed by atoms with E-state index in [0.717, 1.165) is 22.3 Å². The van der Waals surface area contributed by atoms with Crippen LogP contribution >= 0.6 is 0 Å². The maximum Gasteiger partial charge on any atom is 0.336 e. The molecule has 5 rings (SSSR count). The van der Waals surface area contributed by atoms with Gasteiger partial charge in [0.1, 0.15) is 17.1 Å². The van der Waals surface area contributed by atoms with E-state index in [1.165, 1.54) is 6.07 Å². The monoisotopic (exact) mass is 472 g/mol. The van der Waals surface area contributed by atoms with Crippen molar-refractivity contribution < 1.29 is 28.2 Å². The van der Waals surface area contributed by atoms with Crippen LogP contribution in [0.15, 0.2) is 63.8 Å². The summed E-state index contributed by atoms with van der Waals surface area (Å²) in [6.45, 7) is 1.91. The van der Waals surface area contributed by atoms with Crippen molar-refractivity contribution in [2.75, 3.05) is 21.3 Å². The van der Waals surface area contributed by atoms with Gasteiger partial charge < -0.3 is 23.4 Å². The molecule has 0 radical (unpaired) electrons. The van der Waals surface area contributed by atoms with Gasteiger partial charge in [0.25, 0.3) is 0 Å². The lowest BCUT2D eigenvalue weighted by Gasteiger charge is -2.29. The molecule has 0 aliphatic carbocycles. The zero-order chi connectivity index (χ0) is 24.7. The van der Waals surface area contributed by atoms with Gasteiger partial charge in [0.2, 0.25) is 0 Å². The van der Waals surface area contributed by atoms with Gasteiger partial charge in [-0.25, -0.2) is 4.79 Å². The van der Waals surface area contributed by atoms with Crippen molar-refractivity contribution in [2.24, 2.45) is 0 Å². The molecule has 178 valence electrons. The number of carbonyl (C=O) groups is 1. The summed E-state index contributed by atoms with van der Waals surface area (Å²) < 4.78 is 28.0. The Labute approximate surface area is 201 Å². The van der Waals surface area contributed by atoms with Crippen LogP contribution in [-0.4, -0.2) is 27.3 Å². The van der Waals surface area contributed by atoms with Gasteiger partial charge in [0, 0.05) is 34.7 Å². The third kappa shape index (κ3) is 3.79. The minimum Gasteiger partial charge on any atom is -0.496 e. The van der Waals surface area contributed by atoms with E-state index in [0.29, 0.717) is 39.5 Å². The lowest BCUT2D eigenvalue weighted by atomic mass is 9.81. The molecule has 7 heteroatoms. The molecule has 7 nitrogen and oxygen atoms in total. The molecule has 0 amide bonds. The summed E-state index contributed by atoms with van der Waals surface area (Å²) in [6.07, 6.45) is 0.114. The fourth-order valence-electron chi connectivity index (χ4n) is 4.83. The Morgan fingerprint density at radius 2 is 1.54 bits per heavy atom. The first-order chi connectivity index (χ1) is 16.9. The molecule has 0 fully saturated rings. The number of aryl methyl sites for hydroxylation is 1. The highest BCUT2D eigenvalue weighted by Crippen LogP contribution is 2.50. The quantitative estimate of drug-likeness (QED) is 0.223. The number of ether oxygens (including phenoxy) is 4. The standard InChI is InChI=1S/C28H24O7/c1-15-10-23-27(17(12-24(29)34-23)16-8-6-5-7-9-16)28-26(15)19(13-25(30)35-28)18-11-21(32-3)22(33-4)14-20(18)31-2/h5-12,14,19H,13H2,1-4H3. The lowest BCUT2D eigenvalue weighted by molar-refractivity contribution is -0.135.